The summed E-state index contributed by atoms with van der Waals surface area (Å²) >= 11 is 0. The second-order valence-corrected chi connectivity index (χ2v) is 3.81. The zero-order chi connectivity index (χ0) is 8.93. The van der Waals surface area contributed by atoms with Gasteiger partial charge in [-0.1, -0.05) is 0 Å². The van der Waals surface area contributed by atoms with Gasteiger partial charge in [-0.05, 0) is 13.8 Å². The largest absolute Gasteiger partial charge is 0.302 e. The number of H-pyrrole nitrogens is 1. The van der Waals surface area contributed by atoms with Crippen LogP contribution in [-0.2, 0) is 19.1 Å². The molecule has 0 aliphatic carbocycles. The van der Waals surface area contributed by atoms with Gasteiger partial charge in [-0.25, -0.2) is 0 Å². The van der Waals surface area contributed by atoms with E-state index in [0.717, 1.165) is 11.3 Å². The van der Waals surface area contributed by atoms with Gasteiger partial charge in [-0.2, -0.15) is 0 Å². The normalized spacial score (nSPS) is 19.6. The van der Waals surface area contributed by atoms with E-state index in [1.807, 2.05) is 7.05 Å². The summed E-state index contributed by atoms with van der Waals surface area (Å²) in [5.41, 5.74) is 1.91. The monoisotopic (exact) mass is 167 g/mol. The van der Waals surface area contributed by atoms with Crippen molar-refractivity contribution in [1.82, 2.24) is 15.1 Å². The first-order valence-corrected chi connectivity index (χ1v) is 4.06. The smallest absolute Gasteiger partial charge is 0.268 e. The molecule has 1 aromatic rings. The third-order valence-corrected chi connectivity index (χ3v) is 2.46. The van der Waals surface area contributed by atoms with Gasteiger partial charge in [0.15, 0.2) is 0 Å². The lowest BCUT2D eigenvalue weighted by Gasteiger charge is -2.19. The Bertz CT molecular complexity index is 372. The summed E-state index contributed by atoms with van der Waals surface area (Å²) in [6, 6.07) is 0. The molecule has 1 aliphatic heterocycles. The van der Waals surface area contributed by atoms with Crippen molar-refractivity contribution in [1.29, 1.82) is 0 Å². The topological polar surface area (TPSA) is 49.8 Å². The van der Waals surface area contributed by atoms with E-state index in [9.17, 15) is 4.79 Å². The highest BCUT2D eigenvalue weighted by molar-refractivity contribution is 5.29. The Kier molecular flexibility index (Phi) is 1.28. The van der Waals surface area contributed by atoms with Crippen LogP contribution < -0.4 is 10.9 Å². The molecule has 4 heteroatoms. The molecule has 2 rings (SSSR count). The van der Waals surface area contributed by atoms with Crippen LogP contribution in [0, 0.1) is 0 Å². The molecule has 0 atom stereocenters. The number of hydrogen-bond donors (Lipinski definition) is 2. The molecule has 0 radical (unpaired) electrons. The van der Waals surface area contributed by atoms with Crippen molar-refractivity contribution >= 4 is 0 Å². The van der Waals surface area contributed by atoms with Crippen LogP contribution in [0.5, 0.6) is 0 Å². The predicted octanol–water partition coefficient (Wildman–Crippen LogP) is 0.0517. The summed E-state index contributed by atoms with van der Waals surface area (Å²) in [5, 5.41) is 6.04. The van der Waals surface area contributed by atoms with Crippen LogP contribution in [0.4, 0.5) is 0 Å². The maximum Gasteiger partial charge on any atom is 0.268 e. The number of hydrogen-bond acceptors (Lipinski definition) is 2. The zero-order valence-corrected chi connectivity index (χ0v) is 7.56. The van der Waals surface area contributed by atoms with Gasteiger partial charge in [0.2, 0.25) is 0 Å². The Labute approximate surface area is 70.6 Å². The Hall–Kier alpha value is -1.03. The van der Waals surface area contributed by atoms with Crippen LogP contribution in [-0.4, -0.2) is 9.78 Å². The molecule has 0 fully saturated rings. The third kappa shape index (κ3) is 0.783. The number of nitrogens with zero attached hydrogens (tertiary/aromatic N) is 1. The number of aryl methyl sites for hydroxylation is 1. The number of nitrogens with one attached hydrogen (secondary N) is 2. The highest BCUT2D eigenvalue weighted by Crippen LogP contribution is 2.26. The Morgan fingerprint density at radius 3 is 2.75 bits per heavy atom. The molecular formula is C8H13N3O. The fourth-order valence-electron chi connectivity index (χ4n) is 1.94. The van der Waals surface area contributed by atoms with E-state index in [2.05, 4.69) is 24.3 Å². The fourth-order valence-corrected chi connectivity index (χ4v) is 1.94. The molecule has 12 heavy (non-hydrogen) atoms. The highest BCUT2D eigenvalue weighted by Gasteiger charge is 2.34. The van der Waals surface area contributed by atoms with Crippen LogP contribution in [0.3, 0.4) is 0 Å². The summed E-state index contributed by atoms with van der Waals surface area (Å²) < 4.78 is 1.80. The Morgan fingerprint density at radius 1 is 1.50 bits per heavy atom. The highest BCUT2D eigenvalue weighted by atomic mass is 16.1. The van der Waals surface area contributed by atoms with Crippen molar-refractivity contribution in [3.05, 3.63) is 21.6 Å². The van der Waals surface area contributed by atoms with E-state index in [1.54, 1.807) is 4.68 Å². The quantitative estimate of drug-likeness (QED) is 0.573. The van der Waals surface area contributed by atoms with Crippen molar-refractivity contribution < 1.29 is 0 Å². The van der Waals surface area contributed by atoms with Gasteiger partial charge in [0.25, 0.3) is 5.56 Å². The average Bonchev–Trinajstić information content (AvgIpc) is 2.37. The van der Waals surface area contributed by atoms with Crippen LogP contribution in [0.2, 0.25) is 0 Å². The minimum atomic E-state index is -0.0801. The number of rotatable bonds is 0. The average molecular weight is 167 g/mol. The van der Waals surface area contributed by atoms with Crippen molar-refractivity contribution in [3.63, 3.8) is 0 Å². The van der Waals surface area contributed by atoms with Crippen molar-refractivity contribution in [2.24, 2.45) is 7.05 Å². The van der Waals surface area contributed by atoms with Crippen molar-refractivity contribution in [2.45, 2.75) is 25.9 Å². The van der Waals surface area contributed by atoms with E-state index in [-0.39, 0.29) is 11.1 Å². The first-order chi connectivity index (χ1) is 5.52. The summed E-state index contributed by atoms with van der Waals surface area (Å²) in [6.07, 6.45) is 0. The molecule has 4 nitrogen and oxygen atoms in total. The molecule has 0 bridgehead atoms. The third-order valence-electron chi connectivity index (χ3n) is 2.46. The molecule has 0 saturated heterocycles. The molecule has 1 aliphatic rings. The minimum absolute atomic E-state index is 0.0329. The van der Waals surface area contributed by atoms with E-state index in [4.69, 9.17) is 0 Å². The summed E-state index contributed by atoms with van der Waals surface area (Å²) in [5.74, 6) is 0. The van der Waals surface area contributed by atoms with Gasteiger partial charge in [-0.15, -0.1) is 0 Å². The van der Waals surface area contributed by atoms with E-state index >= 15 is 0 Å². The molecule has 0 spiro atoms. The van der Waals surface area contributed by atoms with Gasteiger partial charge < -0.3 is 5.32 Å². The van der Waals surface area contributed by atoms with Gasteiger partial charge in [0, 0.05) is 13.6 Å². The molecule has 1 aromatic heterocycles. The standard InChI is InChI=1S/C8H13N3O/c1-8(2)6-5(4-9-8)7(12)10-11(6)3/h9H,4H2,1-3H3,(H,10,12). The minimum Gasteiger partial charge on any atom is -0.302 e. The van der Waals surface area contributed by atoms with Gasteiger partial charge in [-0.3, -0.25) is 14.6 Å². The number of fused-ring (bicyclic) bond motifs is 1. The number of aromatic amines is 1. The second-order valence-electron chi connectivity index (χ2n) is 3.81. The van der Waals surface area contributed by atoms with Crippen molar-refractivity contribution in [3.8, 4) is 0 Å². The lowest BCUT2D eigenvalue weighted by molar-refractivity contribution is 0.410. The molecule has 2 N–H and O–H groups in total. The van der Waals surface area contributed by atoms with Crippen LogP contribution in [0.25, 0.3) is 0 Å². The van der Waals surface area contributed by atoms with Crippen molar-refractivity contribution in [2.75, 3.05) is 0 Å². The van der Waals surface area contributed by atoms with E-state index < -0.39 is 0 Å². The Balaban J connectivity index is 2.73. The Morgan fingerprint density at radius 2 is 2.17 bits per heavy atom. The van der Waals surface area contributed by atoms with Gasteiger partial charge >= 0.3 is 0 Å². The van der Waals surface area contributed by atoms with Crippen LogP contribution in [0.1, 0.15) is 25.1 Å². The number of aromatic nitrogens is 2. The van der Waals surface area contributed by atoms with Crippen LogP contribution >= 0.6 is 0 Å². The maximum atomic E-state index is 11.3. The lowest BCUT2D eigenvalue weighted by Crippen LogP contribution is -2.31. The molecule has 66 valence electrons. The molecule has 2 heterocycles. The fraction of sp³-hybridized carbons (Fsp3) is 0.625. The molecule has 0 unspecified atom stereocenters. The van der Waals surface area contributed by atoms with E-state index in [1.165, 1.54) is 0 Å². The summed E-state index contributed by atoms with van der Waals surface area (Å²) in [4.78, 5) is 11.3. The molecule has 0 amide bonds. The molecular weight excluding hydrogens is 154 g/mol. The lowest BCUT2D eigenvalue weighted by atomic mass is 10.0. The molecule has 0 aromatic carbocycles. The summed E-state index contributed by atoms with van der Waals surface area (Å²) in [6.45, 7) is 4.83. The maximum absolute atomic E-state index is 11.3. The summed E-state index contributed by atoms with van der Waals surface area (Å²) in [7, 11) is 1.87. The van der Waals surface area contributed by atoms with Gasteiger partial charge in [0.05, 0.1) is 16.8 Å². The van der Waals surface area contributed by atoms with Gasteiger partial charge in [0.1, 0.15) is 0 Å². The molecule has 0 saturated carbocycles. The first kappa shape index (κ1) is 7.61. The SMILES string of the molecule is Cn1[nH]c(=O)c2c1C(C)(C)NC2. The first-order valence-electron chi connectivity index (χ1n) is 4.06. The predicted molar refractivity (Wildman–Crippen MR) is 45.9 cm³/mol. The second kappa shape index (κ2) is 2.01. The van der Waals surface area contributed by atoms with Crippen LogP contribution in [0.15, 0.2) is 4.79 Å². The zero-order valence-electron chi connectivity index (χ0n) is 7.56. The van der Waals surface area contributed by atoms with E-state index in [0.29, 0.717) is 6.54 Å².